The molecule has 0 fully saturated rings. The lowest BCUT2D eigenvalue weighted by atomic mass is 10.1. The summed E-state index contributed by atoms with van der Waals surface area (Å²) in [6, 6.07) is 0. The molecular weight excluding hydrogens is 108 g/mol. The Morgan fingerprint density at radius 2 is 2.67 bits per heavy atom. The summed E-state index contributed by atoms with van der Waals surface area (Å²) in [5, 5.41) is 0. The molecule has 47 valence electrons. The molecule has 1 aliphatic rings. The Kier molecular flexibility index (Phi) is 1.88. The van der Waals surface area contributed by atoms with Gasteiger partial charge >= 0.3 is 0 Å². The molecule has 0 aromatic rings. The van der Waals surface area contributed by atoms with Crippen LogP contribution in [0.5, 0.6) is 0 Å². The molecule has 1 rings (SSSR count). The van der Waals surface area contributed by atoms with E-state index in [0.29, 0.717) is 0 Å². The lowest BCUT2D eigenvalue weighted by Crippen LogP contribution is -1.76. The minimum atomic E-state index is 0.995. The molecule has 1 aliphatic carbocycles. The van der Waals surface area contributed by atoms with E-state index in [-0.39, 0.29) is 0 Å². The second-order valence-corrected chi connectivity index (χ2v) is 2.23. The molecule has 0 saturated carbocycles. The summed E-state index contributed by atoms with van der Waals surface area (Å²) in [6.45, 7) is 5.78. The van der Waals surface area contributed by atoms with Crippen molar-refractivity contribution >= 4 is 0 Å². The highest BCUT2D eigenvalue weighted by atomic mass is 14.1. The molecule has 0 spiro atoms. The van der Waals surface area contributed by atoms with Gasteiger partial charge in [0.25, 0.3) is 0 Å². The third-order valence-electron chi connectivity index (χ3n) is 1.56. The minimum Gasteiger partial charge on any atom is -0.103 e. The van der Waals surface area contributed by atoms with Crippen LogP contribution >= 0.6 is 0 Å². The monoisotopic (exact) mass is 119 g/mol. The fourth-order valence-electron chi connectivity index (χ4n) is 0.986. The van der Waals surface area contributed by atoms with Gasteiger partial charge in [0.15, 0.2) is 0 Å². The third kappa shape index (κ3) is 1.32. The van der Waals surface area contributed by atoms with Crippen LogP contribution in [0.15, 0.2) is 29.9 Å². The predicted octanol–water partition coefficient (Wildman–Crippen LogP) is 2.64. The van der Waals surface area contributed by atoms with E-state index in [1.165, 1.54) is 11.1 Å². The molecule has 0 aliphatic heterocycles. The van der Waals surface area contributed by atoms with Gasteiger partial charge < -0.3 is 0 Å². The summed E-state index contributed by atoms with van der Waals surface area (Å²) < 4.78 is 0. The van der Waals surface area contributed by atoms with Crippen molar-refractivity contribution in [2.75, 3.05) is 0 Å². The first-order chi connectivity index (χ1) is 4.34. The van der Waals surface area contributed by atoms with Crippen LogP contribution in [0.3, 0.4) is 0 Å². The van der Waals surface area contributed by atoms with E-state index in [2.05, 4.69) is 25.7 Å². The lowest BCUT2D eigenvalue weighted by Gasteiger charge is -1.96. The first-order valence-corrected chi connectivity index (χ1v) is 3.22. The van der Waals surface area contributed by atoms with Crippen LogP contribution in [0.25, 0.3) is 0 Å². The normalized spacial score (nSPS) is 17.0. The number of hydrogen-bond acceptors (Lipinski definition) is 0. The van der Waals surface area contributed by atoms with Crippen LogP contribution in [0.1, 0.15) is 19.8 Å². The zero-order chi connectivity index (χ0) is 6.69. The minimum absolute atomic E-state index is 0.995. The van der Waals surface area contributed by atoms with Crippen LogP contribution in [-0.2, 0) is 0 Å². The van der Waals surface area contributed by atoms with Gasteiger partial charge in [0.05, 0.1) is 0 Å². The van der Waals surface area contributed by atoms with Gasteiger partial charge in [-0.05, 0) is 37.0 Å². The maximum absolute atomic E-state index is 3.68. The van der Waals surface area contributed by atoms with Crippen LogP contribution in [0, 0.1) is 6.08 Å². The van der Waals surface area contributed by atoms with Gasteiger partial charge in [0, 0.05) is 0 Å². The standard InChI is InChI=1S/C9H11/c1-3-5-9-7-4-6-8(9)2/h3,7H,1,4-5H2,2H3. The van der Waals surface area contributed by atoms with Gasteiger partial charge in [-0.3, -0.25) is 0 Å². The van der Waals surface area contributed by atoms with E-state index in [9.17, 15) is 0 Å². The van der Waals surface area contributed by atoms with Gasteiger partial charge in [-0.25, -0.2) is 0 Å². The summed E-state index contributed by atoms with van der Waals surface area (Å²) >= 11 is 0. The summed E-state index contributed by atoms with van der Waals surface area (Å²) in [5.74, 6) is 0. The fraction of sp³-hybridized carbons (Fsp3) is 0.333. The Hall–Kier alpha value is -0.780. The zero-order valence-electron chi connectivity index (χ0n) is 5.78. The molecule has 0 N–H and O–H groups in total. The Labute approximate surface area is 56.6 Å². The number of allylic oxidation sites excluding steroid dienone is 5. The molecule has 1 radical (unpaired) electrons. The summed E-state index contributed by atoms with van der Waals surface area (Å²) in [6.07, 6.45) is 9.36. The van der Waals surface area contributed by atoms with E-state index in [4.69, 9.17) is 0 Å². The quantitative estimate of drug-likeness (QED) is 0.490. The van der Waals surface area contributed by atoms with Crippen molar-refractivity contribution < 1.29 is 0 Å². The molecular formula is C9H11. The summed E-state index contributed by atoms with van der Waals surface area (Å²) in [7, 11) is 0. The van der Waals surface area contributed by atoms with Crippen LogP contribution in [0.4, 0.5) is 0 Å². The van der Waals surface area contributed by atoms with Crippen molar-refractivity contribution in [2.24, 2.45) is 0 Å². The first kappa shape index (κ1) is 6.34. The second kappa shape index (κ2) is 2.67. The molecule has 0 aromatic carbocycles. The maximum atomic E-state index is 3.68. The van der Waals surface area contributed by atoms with E-state index in [1.54, 1.807) is 0 Å². The van der Waals surface area contributed by atoms with Gasteiger partial charge in [0.1, 0.15) is 0 Å². The average Bonchev–Trinajstić information content (AvgIpc) is 2.18. The van der Waals surface area contributed by atoms with E-state index < -0.39 is 0 Å². The van der Waals surface area contributed by atoms with Gasteiger partial charge in [-0.2, -0.15) is 0 Å². The highest BCUT2D eigenvalue weighted by Crippen LogP contribution is 2.20. The van der Waals surface area contributed by atoms with Crippen molar-refractivity contribution in [1.82, 2.24) is 0 Å². The Morgan fingerprint density at radius 3 is 3.11 bits per heavy atom. The average molecular weight is 119 g/mol. The number of hydrogen-bond donors (Lipinski definition) is 0. The van der Waals surface area contributed by atoms with Crippen LogP contribution in [0.2, 0.25) is 0 Å². The van der Waals surface area contributed by atoms with Crippen molar-refractivity contribution in [2.45, 2.75) is 19.8 Å². The molecule has 0 bridgehead atoms. The summed E-state index contributed by atoms with van der Waals surface area (Å²) in [4.78, 5) is 0. The predicted molar refractivity (Wildman–Crippen MR) is 39.9 cm³/mol. The van der Waals surface area contributed by atoms with Crippen molar-refractivity contribution in [3.8, 4) is 0 Å². The molecule has 0 nitrogen and oxygen atoms in total. The molecule has 0 amide bonds. The zero-order valence-corrected chi connectivity index (χ0v) is 5.78. The Balaban J connectivity index is 2.60. The third-order valence-corrected chi connectivity index (χ3v) is 1.56. The smallest absolute Gasteiger partial charge is 0.00857 e. The highest BCUT2D eigenvalue weighted by molar-refractivity contribution is 5.33. The number of rotatable bonds is 2. The van der Waals surface area contributed by atoms with Crippen LogP contribution in [-0.4, -0.2) is 0 Å². The van der Waals surface area contributed by atoms with E-state index in [1.807, 2.05) is 6.08 Å². The largest absolute Gasteiger partial charge is 0.103 e. The molecule has 0 aromatic heterocycles. The van der Waals surface area contributed by atoms with Crippen molar-refractivity contribution in [3.05, 3.63) is 36.0 Å². The Bertz CT molecular complexity index is 170. The topological polar surface area (TPSA) is 0 Å². The van der Waals surface area contributed by atoms with Crippen molar-refractivity contribution in [3.63, 3.8) is 0 Å². The first-order valence-electron chi connectivity index (χ1n) is 3.22. The van der Waals surface area contributed by atoms with Gasteiger partial charge in [0.2, 0.25) is 0 Å². The molecule has 0 heteroatoms. The lowest BCUT2D eigenvalue weighted by molar-refractivity contribution is 1.23. The fourth-order valence-corrected chi connectivity index (χ4v) is 0.986. The Morgan fingerprint density at radius 1 is 1.89 bits per heavy atom. The van der Waals surface area contributed by atoms with E-state index in [0.717, 1.165) is 12.8 Å². The molecule has 0 unspecified atom stereocenters. The molecule has 0 heterocycles. The molecule has 0 atom stereocenters. The summed E-state index contributed by atoms with van der Waals surface area (Å²) in [5.41, 5.74) is 2.69. The van der Waals surface area contributed by atoms with Crippen LogP contribution < -0.4 is 0 Å². The van der Waals surface area contributed by atoms with Gasteiger partial charge in [-0.15, -0.1) is 6.58 Å². The second-order valence-electron chi connectivity index (χ2n) is 2.23. The van der Waals surface area contributed by atoms with Gasteiger partial charge in [-0.1, -0.05) is 12.2 Å². The van der Waals surface area contributed by atoms with Crippen molar-refractivity contribution in [1.29, 1.82) is 0 Å². The SMILES string of the molecule is C=CCC1=CC[C]=C1C. The highest BCUT2D eigenvalue weighted by Gasteiger charge is 2.01. The molecule has 0 saturated heterocycles. The van der Waals surface area contributed by atoms with E-state index >= 15 is 0 Å². The maximum Gasteiger partial charge on any atom is -0.00857 e. The molecule has 9 heavy (non-hydrogen) atoms.